The SMILES string of the molecule is O=c1/c(=N\O)nc(-c2ccccc2)c2cccc3c2n1CC3. The molecule has 0 spiro atoms. The van der Waals surface area contributed by atoms with Crippen molar-refractivity contribution < 1.29 is 5.21 Å². The second-order valence-corrected chi connectivity index (χ2v) is 5.27. The van der Waals surface area contributed by atoms with Crippen LogP contribution in [0, 0.1) is 0 Å². The Hall–Kier alpha value is -2.95. The van der Waals surface area contributed by atoms with E-state index in [1.807, 2.05) is 48.5 Å². The topological polar surface area (TPSA) is 67.5 Å². The van der Waals surface area contributed by atoms with Gasteiger partial charge in [-0.25, -0.2) is 4.98 Å². The standard InChI is InChI=1S/C17H13N3O2/c21-17-16(19-22)18-14(11-5-2-1-3-6-11)13-8-4-7-12-9-10-20(17)15(12)13/h1-8,22H,9-10H2/b19-16+. The van der Waals surface area contributed by atoms with Gasteiger partial charge in [0, 0.05) is 17.5 Å². The first-order valence-electron chi connectivity index (χ1n) is 7.10. The Labute approximate surface area is 125 Å². The molecule has 1 aromatic heterocycles. The third kappa shape index (κ3) is 1.75. The van der Waals surface area contributed by atoms with Crippen LogP contribution in [-0.4, -0.2) is 14.8 Å². The fourth-order valence-electron chi connectivity index (χ4n) is 3.07. The van der Waals surface area contributed by atoms with E-state index >= 15 is 0 Å². The van der Waals surface area contributed by atoms with Crippen LogP contribution in [0.15, 0.2) is 58.5 Å². The molecule has 0 unspecified atom stereocenters. The van der Waals surface area contributed by atoms with E-state index in [0.29, 0.717) is 12.2 Å². The van der Waals surface area contributed by atoms with E-state index in [1.165, 1.54) is 0 Å². The molecule has 22 heavy (non-hydrogen) atoms. The van der Waals surface area contributed by atoms with Crippen molar-refractivity contribution in [1.29, 1.82) is 0 Å². The van der Waals surface area contributed by atoms with E-state index in [9.17, 15) is 10.0 Å². The van der Waals surface area contributed by atoms with Gasteiger partial charge in [-0.1, -0.05) is 53.7 Å². The summed E-state index contributed by atoms with van der Waals surface area (Å²) in [4.78, 5) is 16.8. The summed E-state index contributed by atoms with van der Waals surface area (Å²) in [5.41, 5.74) is 3.01. The van der Waals surface area contributed by atoms with Gasteiger partial charge in [0.05, 0.1) is 11.2 Å². The third-order valence-corrected chi connectivity index (χ3v) is 4.05. The molecule has 2 aromatic carbocycles. The number of hydrogen-bond donors (Lipinski definition) is 1. The Kier molecular flexibility index (Phi) is 2.79. The van der Waals surface area contributed by atoms with Crippen LogP contribution in [-0.2, 0) is 13.0 Å². The molecule has 0 fully saturated rings. The molecule has 5 nitrogen and oxygen atoms in total. The Morgan fingerprint density at radius 2 is 1.91 bits per heavy atom. The zero-order valence-electron chi connectivity index (χ0n) is 11.7. The lowest BCUT2D eigenvalue weighted by Gasteiger charge is -2.03. The highest BCUT2D eigenvalue weighted by atomic mass is 16.4. The Balaban J connectivity index is 2.29. The number of hydrogen-bond acceptors (Lipinski definition) is 4. The van der Waals surface area contributed by atoms with Crippen molar-refractivity contribution in [1.82, 2.24) is 9.55 Å². The molecule has 4 rings (SSSR count). The summed E-state index contributed by atoms with van der Waals surface area (Å²) in [6.07, 6.45) is 0.801. The van der Waals surface area contributed by atoms with Gasteiger partial charge in [-0.05, 0) is 12.0 Å². The van der Waals surface area contributed by atoms with Crippen molar-refractivity contribution in [3.05, 3.63) is 69.9 Å². The smallest absolute Gasteiger partial charge is 0.299 e. The Morgan fingerprint density at radius 3 is 2.68 bits per heavy atom. The monoisotopic (exact) mass is 291 g/mol. The van der Waals surface area contributed by atoms with Crippen molar-refractivity contribution in [2.45, 2.75) is 13.0 Å². The molecule has 5 heteroatoms. The second kappa shape index (κ2) is 4.80. The molecule has 1 N–H and O–H groups in total. The van der Waals surface area contributed by atoms with Gasteiger partial charge in [0.15, 0.2) is 0 Å². The maximum Gasteiger partial charge on any atom is 0.299 e. The molecule has 0 saturated heterocycles. The second-order valence-electron chi connectivity index (χ2n) is 5.27. The predicted octanol–water partition coefficient (Wildman–Crippen LogP) is 1.91. The van der Waals surface area contributed by atoms with Gasteiger partial charge < -0.3 is 9.77 Å². The average Bonchev–Trinajstić information content (AvgIpc) is 2.95. The normalized spacial score (nSPS) is 13.7. The van der Waals surface area contributed by atoms with Crippen molar-refractivity contribution in [3.8, 4) is 11.3 Å². The van der Waals surface area contributed by atoms with Gasteiger partial charge in [0.2, 0.25) is 0 Å². The van der Waals surface area contributed by atoms with Gasteiger partial charge in [-0.2, -0.15) is 0 Å². The highest BCUT2D eigenvalue weighted by Crippen LogP contribution is 2.29. The first-order chi connectivity index (χ1) is 10.8. The molecule has 0 aliphatic carbocycles. The number of aryl methyl sites for hydroxylation is 2. The van der Waals surface area contributed by atoms with E-state index in [1.54, 1.807) is 4.57 Å². The molecule has 0 radical (unpaired) electrons. The van der Waals surface area contributed by atoms with Crippen LogP contribution in [0.5, 0.6) is 0 Å². The molecular formula is C17H13N3O2. The average molecular weight is 291 g/mol. The van der Waals surface area contributed by atoms with Crippen molar-refractivity contribution in [2.75, 3.05) is 0 Å². The zero-order valence-corrected chi connectivity index (χ0v) is 11.7. The Bertz CT molecular complexity index is 1010. The van der Waals surface area contributed by atoms with Crippen LogP contribution in [0.3, 0.4) is 0 Å². The minimum Gasteiger partial charge on any atom is -0.409 e. The molecule has 2 heterocycles. The molecule has 108 valence electrons. The van der Waals surface area contributed by atoms with Gasteiger partial charge in [0.1, 0.15) is 0 Å². The van der Waals surface area contributed by atoms with Crippen molar-refractivity contribution >= 4 is 10.9 Å². The maximum absolute atomic E-state index is 12.5. The van der Waals surface area contributed by atoms with Gasteiger partial charge in [0.25, 0.3) is 11.0 Å². The molecule has 1 aliphatic rings. The molecule has 0 saturated carbocycles. The minimum absolute atomic E-state index is 0.178. The van der Waals surface area contributed by atoms with Crippen molar-refractivity contribution in [3.63, 3.8) is 0 Å². The maximum atomic E-state index is 12.5. The Morgan fingerprint density at radius 1 is 1.09 bits per heavy atom. The molecule has 1 aliphatic heterocycles. The molecule has 0 amide bonds. The van der Waals surface area contributed by atoms with E-state index in [-0.39, 0.29) is 11.0 Å². The van der Waals surface area contributed by atoms with Crippen LogP contribution in [0.2, 0.25) is 0 Å². The number of benzene rings is 2. The first-order valence-corrected chi connectivity index (χ1v) is 7.10. The quantitative estimate of drug-likeness (QED) is 0.550. The number of aromatic nitrogens is 2. The molecular weight excluding hydrogens is 278 g/mol. The zero-order chi connectivity index (χ0) is 15.1. The lowest BCUT2D eigenvalue weighted by Crippen LogP contribution is -2.33. The fraction of sp³-hybridized carbons (Fsp3) is 0.118. The highest BCUT2D eigenvalue weighted by Gasteiger charge is 2.18. The summed E-state index contributed by atoms with van der Waals surface area (Å²) in [7, 11) is 0. The van der Waals surface area contributed by atoms with Gasteiger partial charge in [-0.15, -0.1) is 0 Å². The van der Waals surface area contributed by atoms with Crippen LogP contribution in [0.25, 0.3) is 22.2 Å². The number of para-hydroxylation sites is 1. The van der Waals surface area contributed by atoms with E-state index in [4.69, 9.17) is 0 Å². The summed E-state index contributed by atoms with van der Waals surface area (Å²) in [5.74, 6) is 0. The lowest BCUT2D eigenvalue weighted by molar-refractivity contribution is 0.297. The molecule has 0 atom stereocenters. The van der Waals surface area contributed by atoms with Crippen LogP contribution >= 0.6 is 0 Å². The predicted molar refractivity (Wildman–Crippen MR) is 82.5 cm³/mol. The minimum atomic E-state index is -0.361. The van der Waals surface area contributed by atoms with Crippen LogP contribution in [0.1, 0.15) is 5.56 Å². The van der Waals surface area contributed by atoms with E-state index in [0.717, 1.165) is 28.5 Å². The van der Waals surface area contributed by atoms with Gasteiger partial charge in [-0.3, -0.25) is 4.79 Å². The van der Waals surface area contributed by atoms with Crippen LogP contribution in [0.4, 0.5) is 0 Å². The largest absolute Gasteiger partial charge is 0.409 e. The number of nitrogens with zero attached hydrogens (tertiary/aromatic N) is 3. The van der Waals surface area contributed by atoms with Crippen molar-refractivity contribution in [2.24, 2.45) is 5.16 Å². The number of rotatable bonds is 1. The van der Waals surface area contributed by atoms with Crippen LogP contribution < -0.4 is 11.0 Å². The highest BCUT2D eigenvalue weighted by molar-refractivity contribution is 5.94. The lowest BCUT2D eigenvalue weighted by atomic mass is 10.0. The fourth-order valence-corrected chi connectivity index (χ4v) is 3.07. The van der Waals surface area contributed by atoms with E-state index < -0.39 is 0 Å². The molecule has 0 bridgehead atoms. The first kappa shape index (κ1) is 12.8. The third-order valence-electron chi connectivity index (χ3n) is 4.05. The molecule has 3 aromatic rings. The summed E-state index contributed by atoms with van der Waals surface area (Å²) in [6.45, 7) is 0.585. The summed E-state index contributed by atoms with van der Waals surface area (Å²) >= 11 is 0. The summed E-state index contributed by atoms with van der Waals surface area (Å²) in [5, 5.41) is 13.2. The van der Waals surface area contributed by atoms with E-state index in [2.05, 4.69) is 10.1 Å². The van der Waals surface area contributed by atoms with Gasteiger partial charge >= 0.3 is 0 Å². The summed E-state index contributed by atoms with van der Waals surface area (Å²) < 4.78 is 1.65. The summed E-state index contributed by atoms with van der Waals surface area (Å²) in [6, 6.07) is 15.6.